The summed E-state index contributed by atoms with van der Waals surface area (Å²) in [5.74, 6) is -0.0921. The molecule has 0 atom stereocenters. The van der Waals surface area contributed by atoms with Crippen LogP contribution in [0.5, 0.6) is 0 Å². The molecule has 6 heteroatoms. The van der Waals surface area contributed by atoms with Gasteiger partial charge in [-0.25, -0.2) is 4.68 Å². The molecule has 0 aliphatic carbocycles. The number of carbonyl (C=O) groups excluding carboxylic acids is 1. The van der Waals surface area contributed by atoms with E-state index in [1.54, 1.807) is 6.07 Å². The maximum atomic E-state index is 12.6. The molecule has 1 amide bonds. The average Bonchev–Trinajstić information content (AvgIpc) is 2.82. The SMILES string of the molecule is O=C(CCCn1nc(-c2ccc(Br)cc2)ccc1=O)Nc1ccccc1-c1ccccc1. The highest BCUT2D eigenvalue weighted by molar-refractivity contribution is 9.10. The van der Waals surface area contributed by atoms with Crippen LogP contribution in [0, 0.1) is 0 Å². The second-order valence-electron chi connectivity index (χ2n) is 7.35. The summed E-state index contributed by atoms with van der Waals surface area (Å²) in [7, 11) is 0. The van der Waals surface area contributed by atoms with E-state index in [4.69, 9.17) is 0 Å². The molecule has 0 bridgehead atoms. The van der Waals surface area contributed by atoms with E-state index in [0.717, 1.165) is 32.5 Å². The van der Waals surface area contributed by atoms with Crippen LogP contribution in [0.3, 0.4) is 0 Å². The molecule has 0 aliphatic rings. The number of para-hydroxylation sites is 1. The Balaban J connectivity index is 1.39. The second-order valence-corrected chi connectivity index (χ2v) is 8.27. The first-order chi connectivity index (χ1) is 15.6. The first kappa shape index (κ1) is 21.7. The molecular weight excluding hydrogens is 466 g/mol. The van der Waals surface area contributed by atoms with E-state index < -0.39 is 0 Å². The highest BCUT2D eigenvalue weighted by atomic mass is 79.9. The van der Waals surface area contributed by atoms with E-state index in [-0.39, 0.29) is 11.5 Å². The van der Waals surface area contributed by atoms with Crippen LogP contribution in [0.15, 0.2) is 100 Å². The van der Waals surface area contributed by atoms with Crippen LogP contribution in [0.4, 0.5) is 5.69 Å². The summed E-state index contributed by atoms with van der Waals surface area (Å²) < 4.78 is 2.40. The van der Waals surface area contributed by atoms with Crippen molar-refractivity contribution in [3.63, 3.8) is 0 Å². The number of amides is 1. The van der Waals surface area contributed by atoms with Crippen LogP contribution in [0.1, 0.15) is 12.8 Å². The van der Waals surface area contributed by atoms with Gasteiger partial charge in [0.05, 0.1) is 5.69 Å². The molecule has 160 valence electrons. The lowest BCUT2D eigenvalue weighted by molar-refractivity contribution is -0.116. The fourth-order valence-corrected chi connectivity index (χ4v) is 3.71. The van der Waals surface area contributed by atoms with Crippen LogP contribution in [0.2, 0.25) is 0 Å². The zero-order valence-corrected chi connectivity index (χ0v) is 19.0. The molecule has 3 aromatic carbocycles. The van der Waals surface area contributed by atoms with E-state index in [1.807, 2.05) is 78.9 Å². The minimum atomic E-state index is -0.180. The number of nitrogens with zero attached hydrogens (tertiary/aromatic N) is 2. The summed E-state index contributed by atoms with van der Waals surface area (Å²) in [6.07, 6.45) is 0.801. The highest BCUT2D eigenvalue weighted by Gasteiger charge is 2.09. The van der Waals surface area contributed by atoms with Gasteiger partial charge in [0.1, 0.15) is 0 Å². The standard InChI is InChI=1S/C26H22BrN3O2/c27-21-14-12-20(13-15-21)23-16-17-26(32)30(29-23)18-6-11-25(31)28-24-10-5-4-9-22(24)19-7-2-1-3-8-19/h1-5,7-10,12-17H,6,11,18H2,(H,28,31). The Hall–Kier alpha value is -3.51. The van der Waals surface area contributed by atoms with Gasteiger partial charge in [0, 0.05) is 40.3 Å². The first-order valence-electron chi connectivity index (χ1n) is 10.4. The largest absolute Gasteiger partial charge is 0.326 e. The number of halogens is 1. The Bertz CT molecular complexity index is 1270. The third-order valence-electron chi connectivity index (χ3n) is 5.07. The number of hydrogen-bond acceptors (Lipinski definition) is 3. The zero-order chi connectivity index (χ0) is 22.3. The fourth-order valence-electron chi connectivity index (χ4n) is 3.45. The Morgan fingerprint density at radius 1 is 0.844 bits per heavy atom. The highest BCUT2D eigenvalue weighted by Crippen LogP contribution is 2.27. The molecule has 0 spiro atoms. The third kappa shape index (κ3) is 5.39. The Morgan fingerprint density at radius 3 is 2.34 bits per heavy atom. The summed E-state index contributed by atoms with van der Waals surface area (Å²) in [5.41, 5.74) is 4.26. The van der Waals surface area contributed by atoms with Gasteiger partial charge in [0.25, 0.3) is 5.56 Å². The first-order valence-corrected chi connectivity index (χ1v) is 11.2. The predicted molar refractivity (Wildman–Crippen MR) is 131 cm³/mol. The van der Waals surface area contributed by atoms with Crippen molar-refractivity contribution in [2.45, 2.75) is 19.4 Å². The minimum Gasteiger partial charge on any atom is -0.326 e. The van der Waals surface area contributed by atoms with Crippen molar-refractivity contribution in [3.8, 4) is 22.4 Å². The lowest BCUT2D eigenvalue weighted by Crippen LogP contribution is -2.23. The van der Waals surface area contributed by atoms with Gasteiger partial charge in [-0.2, -0.15) is 5.10 Å². The molecule has 0 radical (unpaired) electrons. The Morgan fingerprint density at radius 2 is 1.56 bits per heavy atom. The van der Waals surface area contributed by atoms with Crippen molar-refractivity contribution < 1.29 is 4.79 Å². The molecule has 0 fully saturated rings. The Kier molecular flexibility index (Phi) is 6.92. The number of anilines is 1. The molecule has 4 aromatic rings. The van der Waals surface area contributed by atoms with Gasteiger partial charge in [0.15, 0.2) is 0 Å². The summed E-state index contributed by atoms with van der Waals surface area (Å²) in [6, 6.07) is 28.7. The van der Waals surface area contributed by atoms with Crippen molar-refractivity contribution in [1.29, 1.82) is 0 Å². The molecule has 1 N–H and O–H groups in total. The third-order valence-corrected chi connectivity index (χ3v) is 5.59. The lowest BCUT2D eigenvalue weighted by atomic mass is 10.0. The average molecular weight is 488 g/mol. The fraction of sp³-hybridized carbons (Fsp3) is 0.115. The second kappa shape index (κ2) is 10.2. The molecule has 0 saturated heterocycles. The van der Waals surface area contributed by atoms with Crippen molar-refractivity contribution in [2.24, 2.45) is 0 Å². The summed E-state index contributed by atoms with van der Waals surface area (Å²) in [4.78, 5) is 24.8. The number of rotatable bonds is 7. The summed E-state index contributed by atoms with van der Waals surface area (Å²) >= 11 is 3.42. The summed E-state index contributed by atoms with van der Waals surface area (Å²) in [6.45, 7) is 0.372. The number of benzene rings is 3. The van der Waals surface area contributed by atoms with Gasteiger partial charge in [-0.15, -0.1) is 0 Å². The van der Waals surface area contributed by atoms with Crippen LogP contribution in [-0.2, 0) is 11.3 Å². The van der Waals surface area contributed by atoms with Crippen LogP contribution >= 0.6 is 15.9 Å². The van der Waals surface area contributed by atoms with Gasteiger partial charge in [-0.1, -0.05) is 76.6 Å². The van der Waals surface area contributed by atoms with Gasteiger partial charge < -0.3 is 5.32 Å². The van der Waals surface area contributed by atoms with Crippen molar-refractivity contribution in [1.82, 2.24) is 9.78 Å². The molecule has 32 heavy (non-hydrogen) atoms. The molecular formula is C26H22BrN3O2. The Labute approximate surface area is 194 Å². The summed E-state index contributed by atoms with van der Waals surface area (Å²) in [5, 5.41) is 7.47. The number of carbonyl (C=O) groups is 1. The van der Waals surface area contributed by atoms with E-state index >= 15 is 0 Å². The normalized spacial score (nSPS) is 10.7. The van der Waals surface area contributed by atoms with E-state index in [1.165, 1.54) is 10.7 Å². The van der Waals surface area contributed by atoms with Crippen LogP contribution in [-0.4, -0.2) is 15.7 Å². The monoisotopic (exact) mass is 487 g/mol. The molecule has 1 heterocycles. The number of nitrogens with one attached hydrogen (secondary N) is 1. The maximum absolute atomic E-state index is 12.6. The smallest absolute Gasteiger partial charge is 0.266 e. The molecule has 5 nitrogen and oxygen atoms in total. The van der Waals surface area contributed by atoms with E-state index in [0.29, 0.717) is 19.4 Å². The topological polar surface area (TPSA) is 64.0 Å². The molecule has 0 saturated carbocycles. The van der Waals surface area contributed by atoms with Crippen molar-refractivity contribution >= 4 is 27.5 Å². The molecule has 0 aliphatic heterocycles. The van der Waals surface area contributed by atoms with E-state index in [9.17, 15) is 9.59 Å². The quantitative estimate of drug-likeness (QED) is 0.360. The van der Waals surface area contributed by atoms with Crippen LogP contribution in [0.25, 0.3) is 22.4 Å². The van der Waals surface area contributed by atoms with Crippen molar-refractivity contribution in [2.75, 3.05) is 5.32 Å². The lowest BCUT2D eigenvalue weighted by Gasteiger charge is -2.12. The van der Waals surface area contributed by atoms with Gasteiger partial charge in [0.2, 0.25) is 5.91 Å². The number of aromatic nitrogens is 2. The van der Waals surface area contributed by atoms with Gasteiger partial charge >= 0.3 is 0 Å². The van der Waals surface area contributed by atoms with Crippen LogP contribution < -0.4 is 10.9 Å². The maximum Gasteiger partial charge on any atom is 0.266 e. The van der Waals surface area contributed by atoms with Crippen molar-refractivity contribution in [3.05, 3.63) is 106 Å². The molecule has 0 unspecified atom stereocenters. The van der Waals surface area contributed by atoms with Gasteiger partial charge in [-0.3, -0.25) is 9.59 Å². The molecule has 1 aromatic heterocycles. The van der Waals surface area contributed by atoms with Gasteiger partial charge in [-0.05, 0) is 36.2 Å². The number of aryl methyl sites for hydroxylation is 1. The zero-order valence-electron chi connectivity index (χ0n) is 17.4. The molecule has 4 rings (SSSR count). The van der Waals surface area contributed by atoms with E-state index in [2.05, 4.69) is 26.3 Å². The minimum absolute atomic E-state index is 0.0921. The number of hydrogen-bond donors (Lipinski definition) is 1. The predicted octanol–water partition coefficient (Wildman–Crippen LogP) is 5.76.